The molecule has 1 N–H and O–H groups in total. The fraction of sp³-hybridized carbons (Fsp3) is 0.833. The molecule has 1 heterocycles. The second-order valence-electron chi connectivity index (χ2n) is 4.69. The van der Waals surface area contributed by atoms with E-state index in [1.165, 1.54) is 0 Å². The van der Waals surface area contributed by atoms with E-state index in [2.05, 4.69) is 5.32 Å². The highest BCUT2D eigenvalue weighted by atomic mass is 32.2. The van der Waals surface area contributed by atoms with Crippen molar-refractivity contribution >= 4 is 22.6 Å². The Morgan fingerprint density at radius 1 is 1.39 bits per heavy atom. The summed E-state index contributed by atoms with van der Waals surface area (Å²) in [5, 5.41) is 2.76. The summed E-state index contributed by atoms with van der Waals surface area (Å²) in [5.74, 6) is 0.466. The van der Waals surface area contributed by atoms with Crippen LogP contribution < -0.4 is 5.32 Å². The van der Waals surface area contributed by atoms with E-state index in [1.807, 2.05) is 6.92 Å². The number of amides is 2. The molecule has 0 aromatic rings. The number of carbonyl (C=O) groups excluding carboxylic acids is 2. The van der Waals surface area contributed by atoms with Gasteiger partial charge in [0.1, 0.15) is 12.1 Å². The number of hydrogen-bond acceptors (Lipinski definition) is 3. The van der Waals surface area contributed by atoms with Crippen LogP contribution in [0.25, 0.3) is 0 Å². The van der Waals surface area contributed by atoms with Gasteiger partial charge in [-0.05, 0) is 19.8 Å². The molecule has 1 aliphatic heterocycles. The number of nitrogens with one attached hydrogen (secondary N) is 1. The molecule has 1 rings (SSSR count). The van der Waals surface area contributed by atoms with Crippen LogP contribution in [-0.4, -0.2) is 51.6 Å². The van der Waals surface area contributed by atoms with Gasteiger partial charge >= 0.3 is 0 Å². The van der Waals surface area contributed by atoms with Gasteiger partial charge in [0.05, 0.1) is 0 Å². The number of rotatable bonds is 6. The molecule has 0 saturated carbocycles. The lowest BCUT2D eigenvalue weighted by Gasteiger charge is -2.37. The van der Waals surface area contributed by atoms with E-state index >= 15 is 0 Å². The molecule has 3 unspecified atom stereocenters. The highest BCUT2D eigenvalue weighted by Crippen LogP contribution is 2.13. The zero-order valence-electron chi connectivity index (χ0n) is 11.3. The summed E-state index contributed by atoms with van der Waals surface area (Å²) >= 11 is 0. The van der Waals surface area contributed by atoms with Gasteiger partial charge in [-0.3, -0.25) is 13.8 Å². The minimum atomic E-state index is -0.852. The second kappa shape index (κ2) is 6.87. The van der Waals surface area contributed by atoms with Gasteiger partial charge in [0.15, 0.2) is 0 Å². The van der Waals surface area contributed by atoms with Crippen LogP contribution in [0, 0.1) is 0 Å². The molecule has 0 spiro atoms. The first-order chi connectivity index (χ1) is 8.47. The topological polar surface area (TPSA) is 66.5 Å². The Hall–Kier alpha value is -0.910. The SMILES string of the molecule is CCCC1NC(=O)C(C)N(CCCS(C)=O)C1=O. The quantitative estimate of drug-likeness (QED) is 0.756. The van der Waals surface area contributed by atoms with Crippen molar-refractivity contribution in [2.45, 2.75) is 45.2 Å². The summed E-state index contributed by atoms with van der Waals surface area (Å²) in [5.41, 5.74) is 0. The summed E-state index contributed by atoms with van der Waals surface area (Å²) < 4.78 is 11.0. The first kappa shape index (κ1) is 15.1. The molecule has 1 aliphatic rings. The molecular weight excluding hydrogens is 252 g/mol. The zero-order valence-corrected chi connectivity index (χ0v) is 12.1. The summed E-state index contributed by atoms with van der Waals surface area (Å²) in [4.78, 5) is 25.6. The minimum absolute atomic E-state index is 0.00849. The van der Waals surface area contributed by atoms with Gasteiger partial charge in [0.2, 0.25) is 11.8 Å². The largest absolute Gasteiger partial charge is 0.343 e. The van der Waals surface area contributed by atoms with Gasteiger partial charge < -0.3 is 10.2 Å². The Balaban J connectivity index is 2.63. The average Bonchev–Trinajstić information content (AvgIpc) is 2.30. The predicted octanol–water partition coefficient (Wildman–Crippen LogP) is 0.271. The molecule has 0 aromatic heterocycles. The van der Waals surface area contributed by atoms with E-state index in [1.54, 1.807) is 18.1 Å². The maximum atomic E-state index is 12.2. The molecule has 1 fully saturated rings. The molecule has 0 bridgehead atoms. The Labute approximate surface area is 111 Å². The molecule has 0 aliphatic carbocycles. The average molecular weight is 274 g/mol. The highest BCUT2D eigenvalue weighted by Gasteiger charge is 2.36. The lowest BCUT2D eigenvalue weighted by Crippen LogP contribution is -2.62. The molecule has 2 amide bonds. The van der Waals surface area contributed by atoms with Crippen LogP contribution in [0.1, 0.15) is 33.1 Å². The Morgan fingerprint density at radius 3 is 2.61 bits per heavy atom. The summed E-state index contributed by atoms with van der Waals surface area (Å²) in [6.45, 7) is 4.23. The summed E-state index contributed by atoms with van der Waals surface area (Å²) in [7, 11) is -0.852. The summed E-state index contributed by atoms with van der Waals surface area (Å²) in [6, 6.07) is -0.804. The number of carbonyl (C=O) groups is 2. The summed E-state index contributed by atoms with van der Waals surface area (Å²) in [6.07, 6.45) is 3.85. The predicted molar refractivity (Wildman–Crippen MR) is 71.6 cm³/mol. The maximum Gasteiger partial charge on any atom is 0.245 e. The van der Waals surface area contributed by atoms with E-state index in [0.717, 1.165) is 6.42 Å². The fourth-order valence-electron chi connectivity index (χ4n) is 2.11. The van der Waals surface area contributed by atoms with E-state index in [4.69, 9.17) is 0 Å². The number of piperazine rings is 1. The van der Waals surface area contributed by atoms with Crippen molar-refractivity contribution in [3.8, 4) is 0 Å². The molecule has 6 heteroatoms. The standard InChI is InChI=1S/C12H22N2O3S/c1-4-6-10-12(16)14(7-5-8-18(3)17)9(2)11(15)13-10/h9-10H,4-8H2,1-3H3,(H,13,15). The van der Waals surface area contributed by atoms with E-state index in [9.17, 15) is 13.8 Å². The Bertz CT molecular complexity index is 346. The number of nitrogens with zero attached hydrogens (tertiary/aromatic N) is 1. The lowest BCUT2D eigenvalue weighted by molar-refractivity contribution is -0.148. The van der Waals surface area contributed by atoms with Gasteiger partial charge in [-0.2, -0.15) is 0 Å². The van der Waals surface area contributed by atoms with Gasteiger partial charge in [-0.25, -0.2) is 0 Å². The first-order valence-corrected chi connectivity index (χ1v) is 8.11. The van der Waals surface area contributed by atoms with Crippen molar-refractivity contribution in [3.05, 3.63) is 0 Å². The monoisotopic (exact) mass is 274 g/mol. The second-order valence-corrected chi connectivity index (χ2v) is 6.24. The molecule has 3 atom stereocenters. The smallest absolute Gasteiger partial charge is 0.245 e. The van der Waals surface area contributed by atoms with Crippen molar-refractivity contribution in [3.63, 3.8) is 0 Å². The van der Waals surface area contributed by atoms with Crippen LogP contribution in [0.15, 0.2) is 0 Å². The normalized spacial score (nSPS) is 26.1. The van der Waals surface area contributed by atoms with Crippen LogP contribution in [0.3, 0.4) is 0 Å². The van der Waals surface area contributed by atoms with Crippen LogP contribution in [0.4, 0.5) is 0 Å². The first-order valence-electron chi connectivity index (χ1n) is 6.38. The third kappa shape index (κ3) is 3.80. The minimum Gasteiger partial charge on any atom is -0.343 e. The fourth-order valence-corrected chi connectivity index (χ4v) is 2.65. The molecular formula is C12H22N2O3S. The third-order valence-corrected chi connectivity index (χ3v) is 4.02. The molecule has 1 saturated heterocycles. The molecule has 18 heavy (non-hydrogen) atoms. The molecule has 0 radical (unpaired) electrons. The molecule has 0 aromatic carbocycles. The Kier molecular flexibility index (Phi) is 5.78. The van der Waals surface area contributed by atoms with Gasteiger partial charge in [-0.1, -0.05) is 13.3 Å². The van der Waals surface area contributed by atoms with E-state index in [-0.39, 0.29) is 17.9 Å². The number of hydrogen-bond donors (Lipinski definition) is 1. The highest BCUT2D eigenvalue weighted by molar-refractivity contribution is 7.84. The molecule has 5 nitrogen and oxygen atoms in total. The van der Waals surface area contributed by atoms with Crippen molar-refractivity contribution in [2.75, 3.05) is 18.6 Å². The third-order valence-electron chi connectivity index (χ3n) is 3.15. The van der Waals surface area contributed by atoms with Crippen molar-refractivity contribution in [2.24, 2.45) is 0 Å². The van der Waals surface area contributed by atoms with Crippen LogP contribution in [-0.2, 0) is 20.4 Å². The van der Waals surface area contributed by atoms with Crippen molar-refractivity contribution in [1.82, 2.24) is 10.2 Å². The van der Waals surface area contributed by atoms with E-state index < -0.39 is 16.8 Å². The van der Waals surface area contributed by atoms with E-state index in [0.29, 0.717) is 25.1 Å². The van der Waals surface area contributed by atoms with Crippen LogP contribution in [0.5, 0.6) is 0 Å². The van der Waals surface area contributed by atoms with Gasteiger partial charge in [-0.15, -0.1) is 0 Å². The van der Waals surface area contributed by atoms with Crippen molar-refractivity contribution in [1.29, 1.82) is 0 Å². The Morgan fingerprint density at radius 2 is 2.06 bits per heavy atom. The lowest BCUT2D eigenvalue weighted by atomic mass is 10.0. The maximum absolute atomic E-state index is 12.2. The van der Waals surface area contributed by atoms with Crippen LogP contribution >= 0.6 is 0 Å². The van der Waals surface area contributed by atoms with Crippen molar-refractivity contribution < 1.29 is 13.8 Å². The van der Waals surface area contributed by atoms with Gasteiger partial charge in [0, 0.05) is 29.4 Å². The molecule has 104 valence electrons. The zero-order chi connectivity index (χ0) is 13.7. The van der Waals surface area contributed by atoms with Crippen LogP contribution in [0.2, 0.25) is 0 Å². The van der Waals surface area contributed by atoms with Gasteiger partial charge in [0.25, 0.3) is 0 Å².